The smallest absolute Gasteiger partial charge is 0.0611 e. The Morgan fingerprint density at radius 2 is 2.10 bits per heavy atom. The fourth-order valence-electron chi connectivity index (χ4n) is 0.732. The van der Waals surface area contributed by atoms with Crippen molar-refractivity contribution in [3.05, 3.63) is 11.3 Å². The van der Waals surface area contributed by atoms with Crippen molar-refractivity contribution < 1.29 is 0 Å². The van der Waals surface area contributed by atoms with E-state index in [9.17, 15) is 0 Å². The van der Waals surface area contributed by atoms with Crippen LogP contribution >= 0.6 is 0 Å². The number of hydrogen-bond acceptors (Lipinski definition) is 1. The van der Waals surface area contributed by atoms with Gasteiger partial charge in [0.25, 0.3) is 0 Å². The highest BCUT2D eigenvalue weighted by molar-refractivity contribution is 6.42. The maximum atomic E-state index is 2.42. The van der Waals surface area contributed by atoms with Gasteiger partial charge in [0.15, 0.2) is 0 Å². The summed E-state index contributed by atoms with van der Waals surface area (Å²) in [5.74, 6) is 0. The zero-order valence-electron chi connectivity index (χ0n) is 7.65. The summed E-state index contributed by atoms with van der Waals surface area (Å²) in [6.45, 7) is 7.75. The van der Waals surface area contributed by atoms with Crippen LogP contribution in [0.2, 0.25) is 0 Å². The van der Waals surface area contributed by atoms with Crippen molar-refractivity contribution in [1.82, 2.24) is 4.90 Å². The van der Waals surface area contributed by atoms with Gasteiger partial charge in [-0.15, -0.1) is 5.70 Å². The number of rotatable bonds is 4. The molecule has 0 aromatic rings. The Morgan fingerprint density at radius 3 is 2.50 bits per heavy atom. The summed E-state index contributed by atoms with van der Waals surface area (Å²) >= 11 is 0. The van der Waals surface area contributed by atoms with E-state index in [2.05, 4.69) is 38.4 Å². The van der Waals surface area contributed by atoms with Gasteiger partial charge in [-0.1, -0.05) is 12.5 Å². The molecule has 0 radical (unpaired) electrons. The zero-order valence-corrected chi connectivity index (χ0v) is 9.06. The number of hydrogen-bond donors (Lipinski definition) is 0. The van der Waals surface area contributed by atoms with E-state index in [1.807, 2.05) is 0 Å². The highest BCUT2D eigenvalue weighted by Crippen LogP contribution is 1.86. The lowest BCUT2D eigenvalue weighted by Crippen LogP contribution is -2.22. The van der Waals surface area contributed by atoms with Gasteiger partial charge >= 0.3 is 0 Å². The van der Waals surface area contributed by atoms with Crippen LogP contribution in [0.1, 0.15) is 20.8 Å². The van der Waals surface area contributed by atoms with Gasteiger partial charge in [-0.25, -0.2) is 0 Å². The Bertz CT molecular complexity index is 106. The molecule has 1 nitrogen and oxygen atoms in total. The van der Waals surface area contributed by atoms with Crippen LogP contribution in [0, 0.1) is 0 Å². The summed E-state index contributed by atoms with van der Waals surface area (Å²) in [6, 6.07) is 0. The summed E-state index contributed by atoms with van der Waals surface area (Å²) in [4.78, 5) is 2.38. The van der Waals surface area contributed by atoms with E-state index in [1.165, 1.54) is 18.3 Å². The Hall–Kier alpha value is -0.0831. The van der Waals surface area contributed by atoms with Crippen LogP contribution in [-0.4, -0.2) is 34.2 Å². The molecule has 10 heavy (non-hydrogen) atoms. The maximum Gasteiger partial charge on any atom is 0.0611 e. The predicted octanol–water partition coefficient (Wildman–Crippen LogP) is 0.988. The number of allylic oxidation sites excluding steroid dienone is 1. The van der Waals surface area contributed by atoms with Gasteiger partial charge < -0.3 is 4.90 Å². The van der Waals surface area contributed by atoms with Crippen molar-refractivity contribution in [2.45, 2.75) is 20.8 Å². The first kappa shape index (κ1) is 9.92. The molecular formula is C8H19NSi. The third-order valence-electron chi connectivity index (χ3n) is 1.60. The normalized spacial score (nSPS) is 11.3. The van der Waals surface area contributed by atoms with Crippen LogP contribution in [0.3, 0.4) is 0 Å². The molecular weight excluding hydrogens is 138 g/mol. The van der Waals surface area contributed by atoms with Crippen LogP contribution in [0.5, 0.6) is 0 Å². The molecule has 0 heterocycles. The van der Waals surface area contributed by atoms with Gasteiger partial charge in [0.2, 0.25) is 0 Å². The molecule has 0 unspecified atom stereocenters. The van der Waals surface area contributed by atoms with Crippen LogP contribution in [0.25, 0.3) is 0 Å². The minimum Gasteiger partial charge on any atom is -0.310 e. The van der Waals surface area contributed by atoms with E-state index in [1.54, 1.807) is 0 Å². The maximum absolute atomic E-state index is 2.42. The lowest BCUT2D eigenvalue weighted by molar-refractivity contribution is 0.410. The fraction of sp³-hybridized carbons (Fsp3) is 0.750. The monoisotopic (exact) mass is 157 g/mol. The molecule has 0 saturated carbocycles. The van der Waals surface area contributed by atoms with Crippen LogP contribution in [0.15, 0.2) is 11.3 Å². The van der Waals surface area contributed by atoms with Crippen LogP contribution in [-0.2, 0) is 0 Å². The average molecular weight is 157 g/mol. The molecule has 0 atom stereocenters. The fourth-order valence-corrected chi connectivity index (χ4v) is 2.20. The van der Waals surface area contributed by atoms with Crippen LogP contribution in [0.4, 0.5) is 0 Å². The Morgan fingerprint density at radius 1 is 1.50 bits per heavy atom. The Kier molecular flexibility index (Phi) is 5.64. The summed E-state index contributed by atoms with van der Waals surface area (Å²) < 4.78 is 0. The standard InChI is InChI=1S/C8H19NSi/c1-5-9(4)7-10-6-8(2)3/h6H,5,7,10H2,1-4H3. The first-order valence-corrected chi connectivity index (χ1v) is 5.80. The van der Waals surface area contributed by atoms with Gasteiger partial charge in [0.05, 0.1) is 9.52 Å². The minimum absolute atomic E-state index is 0.0693. The van der Waals surface area contributed by atoms with Crippen molar-refractivity contribution >= 4 is 9.52 Å². The lowest BCUT2D eigenvalue weighted by Gasteiger charge is -2.10. The van der Waals surface area contributed by atoms with E-state index in [-0.39, 0.29) is 9.52 Å². The molecule has 0 fully saturated rings. The highest BCUT2D eigenvalue weighted by Gasteiger charge is 1.90. The molecule has 0 aromatic heterocycles. The van der Waals surface area contributed by atoms with Crippen molar-refractivity contribution in [3.63, 3.8) is 0 Å². The van der Waals surface area contributed by atoms with Gasteiger partial charge in [0, 0.05) is 0 Å². The summed E-state index contributed by atoms with van der Waals surface area (Å²) in [6.07, 6.45) is 1.32. The van der Waals surface area contributed by atoms with E-state index in [0.29, 0.717) is 0 Å². The van der Waals surface area contributed by atoms with Crippen molar-refractivity contribution in [2.75, 3.05) is 19.8 Å². The Balaban J connectivity index is 3.28. The molecule has 2 heteroatoms. The Labute approximate surface area is 66.9 Å². The molecule has 60 valence electrons. The summed E-state index contributed by atoms with van der Waals surface area (Å²) in [7, 11) is 2.26. The molecule has 0 aliphatic carbocycles. The van der Waals surface area contributed by atoms with Gasteiger partial charge in [-0.3, -0.25) is 0 Å². The largest absolute Gasteiger partial charge is 0.310 e. The molecule has 0 bridgehead atoms. The highest BCUT2D eigenvalue weighted by atomic mass is 28.2. The van der Waals surface area contributed by atoms with Crippen molar-refractivity contribution in [2.24, 2.45) is 0 Å². The van der Waals surface area contributed by atoms with Gasteiger partial charge in [-0.05, 0) is 33.6 Å². The number of nitrogens with zero attached hydrogens (tertiary/aromatic N) is 1. The third kappa shape index (κ3) is 6.04. The van der Waals surface area contributed by atoms with E-state index >= 15 is 0 Å². The quantitative estimate of drug-likeness (QED) is 0.550. The van der Waals surface area contributed by atoms with Gasteiger partial charge in [-0.2, -0.15) is 0 Å². The summed E-state index contributed by atoms with van der Waals surface area (Å²) in [5.41, 5.74) is 3.91. The van der Waals surface area contributed by atoms with E-state index in [4.69, 9.17) is 0 Å². The molecule has 0 rings (SSSR count). The molecule has 0 spiro atoms. The topological polar surface area (TPSA) is 3.24 Å². The van der Waals surface area contributed by atoms with Gasteiger partial charge in [0.1, 0.15) is 0 Å². The summed E-state index contributed by atoms with van der Waals surface area (Å²) in [5, 5.41) is 0. The molecule has 0 N–H and O–H groups in total. The molecule has 0 aliphatic rings. The molecule has 0 saturated heterocycles. The van der Waals surface area contributed by atoms with E-state index < -0.39 is 0 Å². The van der Waals surface area contributed by atoms with Crippen molar-refractivity contribution in [3.8, 4) is 0 Å². The molecule has 0 aliphatic heterocycles. The third-order valence-corrected chi connectivity index (χ3v) is 3.73. The lowest BCUT2D eigenvalue weighted by atomic mass is 10.4. The SMILES string of the molecule is CCN(C)C[SiH2]C=C(C)C. The second-order valence-corrected chi connectivity index (χ2v) is 4.40. The molecule has 0 aromatic carbocycles. The zero-order chi connectivity index (χ0) is 7.98. The average Bonchev–Trinajstić information content (AvgIpc) is 1.87. The van der Waals surface area contributed by atoms with Crippen molar-refractivity contribution in [1.29, 1.82) is 0 Å². The van der Waals surface area contributed by atoms with E-state index in [0.717, 1.165) is 0 Å². The molecule has 0 amide bonds. The second-order valence-electron chi connectivity index (χ2n) is 2.97. The minimum atomic E-state index is 0.0693. The second kappa shape index (κ2) is 5.68. The first-order chi connectivity index (χ1) is 4.66. The predicted molar refractivity (Wildman–Crippen MR) is 51.1 cm³/mol. The first-order valence-electron chi connectivity index (χ1n) is 3.98. The van der Waals surface area contributed by atoms with Crippen LogP contribution < -0.4 is 0 Å².